The summed E-state index contributed by atoms with van der Waals surface area (Å²) in [5.74, 6) is 0.976. The molecule has 0 radical (unpaired) electrons. The highest BCUT2D eigenvalue weighted by atomic mass is 16.5. The van der Waals surface area contributed by atoms with Gasteiger partial charge in [-0.3, -0.25) is 5.41 Å². The molecule has 76 valence electrons. The SMILES string of the molecule is CCOc1cc(C)c(C(=N)N)cc1C. The van der Waals surface area contributed by atoms with E-state index in [1.54, 1.807) is 0 Å². The summed E-state index contributed by atoms with van der Waals surface area (Å²) in [4.78, 5) is 0. The van der Waals surface area contributed by atoms with Gasteiger partial charge in [-0.05, 0) is 44.0 Å². The highest BCUT2D eigenvalue weighted by Gasteiger charge is 2.06. The van der Waals surface area contributed by atoms with Gasteiger partial charge in [0.2, 0.25) is 0 Å². The summed E-state index contributed by atoms with van der Waals surface area (Å²) in [7, 11) is 0. The second-order valence-electron chi connectivity index (χ2n) is 3.28. The van der Waals surface area contributed by atoms with Crippen LogP contribution in [0.5, 0.6) is 5.75 Å². The lowest BCUT2D eigenvalue weighted by atomic mass is 10.0. The second-order valence-corrected chi connectivity index (χ2v) is 3.28. The predicted molar refractivity (Wildman–Crippen MR) is 58.1 cm³/mol. The molecule has 0 spiro atoms. The summed E-state index contributed by atoms with van der Waals surface area (Å²) >= 11 is 0. The Labute approximate surface area is 84.4 Å². The summed E-state index contributed by atoms with van der Waals surface area (Å²) < 4.78 is 5.44. The summed E-state index contributed by atoms with van der Waals surface area (Å²) in [6, 6.07) is 3.82. The molecule has 14 heavy (non-hydrogen) atoms. The molecule has 0 aromatic heterocycles. The molecule has 3 nitrogen and oxygen atoms in total. The van der Waals surface area contributed by atoms with Crippen molar-refractivity contribution in [2.75, 3.05) is 6.61 Å². The predicted octanol–water partition coefficient (Wildman–Crippen LogP) is 1.99. The molecule has 0 unspecified atom stereocenters. The van der Waals surface area contributed by atoms with Gasteiger partial charge >= 0.3 is 0 Å². The van der Waals surface area contributed by atoms with Gasteiger partial charge in [-0.1, -0.05) is 0 Å². The van der Waals surface area contributed by atoms with Crippen LogP contribution >= 0.6 is 0 Å². The molecule has 0 bridgehead atoms. The quantitative estimate of drug-likeness (QED) is 0.568. The van der Waals surface area contributed by atoms with Crippen molar-refractivity contribution in [3.8, 4) is 5.75 Å². The zero-order valence-electron chi connectivity index (χ0n) is 8.85. The lowest BCUT2D eigenvalue weighted by Gasteiger charge is -2.11. The Bertz CT molecular complexity index is 359. The standard InChI is InChI=1S/C11H16N2O/c1-4-14-10-6-7(2)9(11(12)13)5-8(10)3/h5-6H,4H2,1-3H3,(H3,12,13). The lowest BCUT2D eigenvalue weighted by Crippen LogP contribution is -2.13. The third-order valence-electron chi connectivity index (χ3n) is 2.11. The summed E-state index contributed by atoms with van der Waals surface area (Å²) in [5.41, 5.74) is 8.23. The van der Waals surface area contributed by atoms with Crippen LogP contribution in [-0.2, 0) is 0 Å². The monoisotopic (exact) mass is 192 g/mol. The number of rotatable bonds is 3. The number of ether oxygens (including phenoxy) is 1. The fourth-order valence-electron chi connectivity index (χ4n) is 1.39. The van der Waals surface area contributed by atoms with Gasteiger partial charge in [0.25, 0.3) is 0 Å². The molecular formula is C11H16N2O. The summed E-state index contributed by atoms with van der Waals surface area (Å²) in [6.07, 6.45) is 0. The van der Waals surface area contributed by atoms with E-state index in [4.69, 9.17) is 15.9 Å². The molecular weight excluding hydrogens is 176 g/mol. The Kier molecular flexibility index (Phi) is 3.12. The fourth-order valence-corrected chi connectivity index (χ4v) is 1.39. The number of amidine groups is 1. The van der Waals surface area contributed by atoms with E-state index in [1.165, 1.54) is 0 Å². The molecule has 3 N–H and O–H groups in total. The maximum absolute atomic E-state index is 7.38. The van der Waals surface area contributed by atoms with Crippen molar-refractivity contribution in [1.29, 1.82) is 5.41 Å². The zero-order chi connectivity index (χ0) is 10.7. The molecule has 0 amide bonds. The lowest BCUT2D eigenvalue weighted by molar-refractivity contribution is 0.337. The summed E-state index contributed by atoms with van der Waals surface area (Å²) in [6.45, 7) is 6.49. The highest BCUT2D eigenvalue weighted by Crippen LogP contribution is 2.22. The molecule has 0 aliphatic carbocycles. The maximum atomic E-state index is 7.38. The maximum Gasteiger partial charge on any atom is 0.123 e. The molecule has 0 saturated carbocycles. The van der Waals surface area contributed by atoms with Crippen molar-refractivity contribution >= 4 is 5.84 Å². The molecule has 0 atom stereocenters. The Hall–Kier alpha value is -1.51. The topological polar surface area (TPSA) is 59.1 Å². The third-order valence-corrected chi connectivity index (χ3v) is 2.11. The molecule has 1 aromatic rings. The van der Waals surface area contributed by atoms with E-state index in [1.807, 2.05) is 32.9 Å². The minimum absolute atomic E-state index is 0.105. The Balaban J connectivity index is 3.17. The van der Waals surface area contributed by atoms with Crippen LogP contribution < -0.4 is 10.5 Å². The van der Waals surface area contributed by atoms with Gasteiger partial charge in [0.15, 0.2) is 0 Å². The molecule has 0 aliphatic rings. The van der Waals surface area contributed by atoms with Gasteiger partial charge in [0, 0.05) is 5.56 Å². The van der Waals surface area contributed by atoms with E-state index in [-0.39, 0.29) is 5.84 Å². The van der Waals surface area contributed by atoms with Gasteiger partial charge in [0.05, 0.1) is 6.61 Å². The van der Waals surface area contributed by atoms with Crippen LogP contribution in [0.4, 0.5) is 0 Å². The molecule has 3 heteroatoms. The van der Waals surface area contributed by atoms with Crippen LogP contribution in [0, 0.1) is 19.3 Å². The molecule has 1 rings (SSSR count). The van der Waals surface area contributed by atoms with Crippen LogP contribution in [0.25, 0.3) is 0 Å². The van der Waals surface area contributed by atoms with Crippen molar-refractivity contribution in [3.63, 3.8) is 0 Å². The van der Waals surface area contributed by atoms with Crippen molar-refractivity contribution in [3.05, 3.63) is 28.8 Å². The third kappa shape index (κ3) is 2.05. The minimum Gasteiger partial charge on any atom is -0.494 e. The Morgan fingerprint density at radius 2 is 2.00 bits per heavy atom. The zero-order valence-corrected chi connectivity index (χ0v) is 8.85. The molecule has 0 fully saturated rings. The van der Waals surface area contributed by atoms with Crippen LogP contribution in [0.3, 0.4) is 0 Å². The first kappa shape index (κ1) is 10.6. The minimum atomic E-state index is 0.105. The van der Waals surface area contributed by atoms with Crippen molar-refractivity contribution < 1.29 is 4.74 Å². The van der Waals surface area contributed by atoms with Crippen molar-refractivity contribution in [2.24, 2.45) is 5.73 Å². The molecule has 1 aromatic carbocycles. The summed E-state index contributed by atoms with van der Waals surface area (Å²) in [5, 5.41) is 7.38. The number of hydrogen-bond acceptors (Lipinski definition) is 2. The second kappa shape index (κ2) is 4.13. The largest absolute Gasteiger partial charge is 0.494 e. The molecule has 0 aliphatic heterocycles. The van der Waals surface area contributed by atoms with Crippen LogP contribution in [0.2, 0.25) is 0 Å². The number of nitrogen functional groups attached to an aromatic ring is 1. The molecule has 0 saturated heterocycles. The van der Waals surface area contributed by atoms with E-state index >= 15 is 0 Å². The van der Waals surface area contributed by atoms with Crippen molar-refractivity contribution in [2.45, 2.75) is 20.8 Å². The van der Waals surface area contributed by atoms with E-state index in [9.17, 15) is 0 Å². The average Bonchev–Trinajstić information content (AvgIpc) is 2.10. The van der Waals surface area contributed by atoms with E-state index in [2.05, 4.69) is 0 Å². The van der Waals surface area contributed by atoms with Crippen LogP contribution in [0.15, 0.2) is 12.1 Å². The van der Waals surface area contributed by atoms with Gasteiger partial charge in [-0.25, -0.2) is 0 Å². The fraction of sp³-hybridized carbons (Fsp3) is 0.364. The number of hydrogen-bond donors (Lipinski definition) is 2. The van der Waals surface area contributed by atoms with Crippen LogP contribution in [-0.4, -0.2) is 12.4 Å². The number of benzene rings is 1. The Morgan fingerprint density at radius 3 is 2.50 bits per heavy atom. The van der Waals surface area contributed by atoms with Crippen molar-refractivity contribution in [1.82, 2.24) is 0 Å². The van der Waals surface area contributed by atoms with E-state index in [0.29, 0.717) is 6.61 Å². The smallest absolute Gasteiger partial charge is 0.123 e. The van der Waals surface area contributed by atoms with Gasteiger partial charge in [0.1, 0.15) is 11.6 Å². The number of nitrogens with two attached hydrogens (primary N) is 1. The Morgan fingerprint density at radius 1 is 1.36 bits per heavy atom. The first-order valence-electron chi connectivity index (χ1n) is 4.64. The normalized spacial score (nSPS) is 9.93. The van der Waals surface area contributed by atoms with E-state index in [0.717, 1.165) is 22.4 Å². The first-order chi connectivity index (χ1) is 6.56. The van der Waals surface area contributed by atoms with Gasteiger partial charge < -0.3 is 10.5 Å². The van der Waals surface area contributed by atoms with Gasteiger partial charge in [-0.2, -0.15) is 0 Å². The average molecular weight is 192 g/mol. The molecule has 0 heterocycles. The van der Waals surface area contributed by atoms with Crippen LogP contribution in [0.1, 0.15) is 23.6 Å². The first-order valence-corrected chi connectivity index (χ1v) is 4.64. The van der Waals surface area contributed by atoms with E-state index < -0.39 is 0 Å². The highest BCUT2D eigenvalue weighted by molar-refractivity contribution is 5.96. The van der Waals surface area contributed by atoms with Gasteiger partial charge in [-0.15, -0.1) is 0 Å². The number of aryl methyl sites for hydroxylation is 2. The number of nitrogens with one attached hydrogen (secondary N) is 1.